The smallest absolute Gasteiger partial charge is 0.303 e. The maximum Gasteiger partial charge on any atom is 0.303 e. The minimum Gasteiger partial charge on any atom is -0.481 e. The van der Waals surface area contributed by atoms with Gasteiger partial charge in [-0.25, -0.2) is 4.98 Å². The molecule has 0 saturated carbocycles. The fourth-order valence-corrected chi connectivity index (χ4v) is 1.95. The van der Waals surface area contributed by atoms with Crippen molar-refractivity contribution in [2.45, 2.75) is 59.2 Å². The number of nitrogens with one attached hydrogen (secondary N) is 1. The molecule has 2 atom stereocenters. The molecular weight excluding hydrogens is 242 g/mol. The van der Waals surface area contributed by atoms with Crippen molar-refractivity contribution in [1.29, 1.82) is 0 Å². The van der Waals surface area contributed by atoms with Gasteiger partial charge in [0.2, 0.25) is 0 Å². The Bertz CT molecular complexity index is 382. The van der Waals surface area contributed by atoms with E-state index in [4.69, 9.17) is 5.11 Å². The number of aromatic nitrogens is 2. The molecule has 2 unspecified atom stereocenters. The van der Waals surface area contributed by atoms with Crippen molar-refractivity contribution in [2.75, 3.05) is 0 Å². The predicted molar refractivity (Wildman–Crippen MR) is 74.9 cm³/mol. The van der Waals surface area contributed by atoms with Gasteiger partial charge in [-0.2, -0.15) is 0 Å². The lowest BCUT2D eigenvalue weighted by Crippen LogP contribution is -2.47. The van der Waals surface area contributed by atoms with Crippen LogP contribution in [-0.2, 0) is 11.3 Å². The molecule has 1 aromatic heterocycles. The Labute approximate surface area is 115 Å². The SMILES string of the molecule is CC(CCC(=O)O)NC(Cn1ccnc1)C(C)(C)C. The van der Waals surface area contributed by atoms with Gasteiger partial charge >= 0.3 is 5.97 Å². The number of rotatable bonds is 7. The zero-order valence-corrected chi connectivity index (χ0v) is 12.3. The van der Waals surface area contributed by atoms with Crippen LogP contribution in [0.3, 0.4) is 0 Å². The summed E-state index contributed by atoms with van der Waals surface area (Å²) in [5.41, 5.74) is 0.0990. The molecule has 108 valence electrons. The third-order valence-corrected chi connectivity index (χ3v) is 3.27. The summed E-state index contributed by atoms with van der Waals surface area (Å²) in [6, 6.07) is 0.453. The summed E-state index contributed by atoms with van der Waals surface area (Å²) >= 11 is 0. The van der Waals surface area contributed by atoms with Gasteiger partial charge in [-0.05, 0) is 18.8 Å². The minimum atomic E-state index is -0.740. The Kier molecular flexibility index (Phi) is 5.54. The van der Waals surface area contributed by atoms with Crippen molar-refractivity contribution >= 4 is 5.97 Å². The van der Waals surface area contributed by atoms with Crippen molar-refractivity contribution in [2.24, 2.45) is 5.41 Å². The van der Waals surface area contributed by atoms with Crippen molar-refractivity contribution in [3.05, 3.63) is 18.7 Å². The molecule has 0 aromatic carbocycles. The summed E-state index contributed by atoms with van der Waals surface area (Å²) in [7, 11) is 0. The van der Waals surface area contributed by atoms with Gasteiger partial charge < -0.3 is 15.0 Å². The average Bonchev–Trinajstić information content (AvgIpc) is 2.77. The molecule has 0 spiro atoms. The number of imidazole rings is 1. The second kappa shape index (κ2) is 6.70. The van der Waals surface area contributed by atoms with Gasteiger partial charge in [-0.1, -0.05) is 20.8 Å². The number of carbonyl (C=O) groups is 1. The molecule has 1 aromatic rings. The van der Waals surface area contributed by atoms with Gasteiger partial charge in [0, 0.05) is 37.4 Å². The Morgan fingerprint density at radius 3 is 2.63 bits per heavy atom. The highest BCUT2D eigenvalue weighted by Crippen LogP contribution is 2.21. The first-order chi connectivity index (χ1) is 8.79. The van der Waals surface area contributed by atoms with Gasteiger partial charge in [0.15, 0.2) is 0 Å². The van der Waals surface area contributed by atoms with Gasteiger partial charge in [-0.3, -0.25) is 4.79 Å². The molecule has 1 heterocycles. The van der Waals surface area contributed by atoms with Crippen LogP contribution >= 0.6 is 0 Å². The zero-order valence-electron chi connectivity index (χ0n) is 12.3. The third kappa shape index (κ3) is 5.87. The van der Waals surface area contributed by atoms with Crippen LogP contribution in [-0.4, -0.2) is 32.7 Å². The molecule has 19 heavy (non-hydrogen) atoms. The number of carboxylic acids is 1. The topological polar surface area (TPSA) is 67.2 Å². The highest BCUT2D eigenvalue weighted by molar-refractivity contribution is 5.66. The molecular formula is C14H25N3O2. The molecule has 0 fully saturated rings. The molecule has 0 saturated heterocycles. The van der Waals surface area contributed by atoms with Crippen molar-refractivity contribution in [3.63, 3.8) is 0 Å². The summed E-state index contributed by atoms with van der Waals surface area (Å²) in [5, 5.41) is 12.3. The first kappa shape index (κ1) is 15.7. The van der Waals surface area contributed by atoms with Crippen molar-refractivity contribution in [3.8, 4) is 0 Å². The van der Waals surface area contributed by atoms with E-state index in [1.807, 2.05) is 24.0 Å². The van der Waals surface area contributed by atoms with Crippen LogP contribution in [0, 0.1) is 5.41 Å². The summed E-state index contributed by atoms with van der Waals surface area (Å²) in [6.07, 6.45) is 6.38. The average molecular weight is 267 g/mol. The molecule has 0 aliphatic heterocycles. The third-order valence-electron chi connectivity index (χ3n) is 3.27. The summed E-state index contributed by atoms with van der Waals surface area (Å²) in [5.74, 6) is -0.740. The first-order valence-electron chi connectivity index (χ1n) is 6.72. The quantitative estimate of drug-likeness (QED) is 0.794. The zero-order chi connectivity index (χ0) is 14.5. The Balaban J connectivity index is 2.57. The van der Waals surface area contributed by atoms with E-state index < -0.39 is 5.97 Å². The van der Waals surface area contributed by atoms with Crippen molar-refractivity contribution < 1.29 is 9.90 Å². The second-order valence-corrected chi connectivity index (χ2v) is 6.18. The van der Waals surface area contributed by atoms with E-state index in [2.05, 4.69) is 31.1 Å². The van der Waals surface area contributed by atoms with E-state index in [-0.39, 0.29) is 23.9 Å². The summed E-state index contributed by atoms with van der Waals surface area (Å²) in [6.45, 7) is 9.43. The summed E-state index contributed by atoms with van der Waals surface area (Å²) in [4.78, 5) is 14.7. The number of aliphatic carboxylic acids is 1. The monoisotopic (exact) mass is 267 g/mol. The van der Waals surface area contributed by atoms with Crippen LogP contribution in [0.5, 0.6) is 0 Å². The fourth-order valence-electron chi connectivity index (χ4n) is 1.95. The highest BCUT2D eigenvalue weighted by Gasteiger charge is 2.26. The molecule has 0 amide bonds. The molecule has 5 heteroatoms. The van der Waals surface area contributed by atoms with Crippen LogP contribution in [0.1, 0.15) is 40.5 Å². The minimum absolute atomic E-state index is 0.0990. The van der Waals surface area contributed by atoms with Gasteiger partial charge in [0.1, 0.15) is 0 Å². The lowest BCUT2D eigenvalue weighted by Gasteiger charge is -2.34. The van der Waals surface area contributed by atoms with E-state index in [1.165, 1.54) is 0 Å². The number of nitrogens with zero attached hydrogens (tertiary/aromatic N) is 2. The van der Waals surface area contributed by atoms with Gasteiger partial charge in [0.25, 0.3) is 0 Å². The molecule has 0 aliphatic carbocycles. The second-order valence-electron chi connectivity index (χ2n) is 6.18. The maximum absolute atomic E-state index is 10.6. The Hall–Kier alpha value is -1.36. The molecule has 5 nitrogen and oxygen atoms in total. The highest BCUT2D eigenvalue weighted by atomic mass is 16.4. The van der Waals surface area contributed by atoms with E-state index in [1.54, 1.807) is 6.20 Å². The van der Waals surface area contributed by atoms with Crippen molar-refractivity contribution in [1.82, 2.24) is 14.9 Å². The van der Waals surface area contributed by atoms with E-state index >= 15 is 0 Å². The van der Waals surface area contributed by atoms with E-state index in [9.17, 15) is 4.79 Å². The van der Waals surface area contributed by atoms with Crippen LogP contribution in [0.4, 0.5) is 0 Å². The normalized spacial score (nSPS) is 15.2. The standard InChI is InChI=1S/C14H25N3O2/c1-11(5-6-13(18)19)16-12(14(2,3)4)9-17-8-7-15-10-17/h7-8,10-12,16H,5-6,9H2,1-4H3,(H,18,19). The molecule has 1 rings (SSSR count). The lowest BCUT2D eigenvalue weighted by atomic mass is 9.86. The van der Waals surface area contributed by atoms with Gasteiger partial charge in [0.05, 0.1) is 6.33 Å². The Morgan fingerprint density at radius 1 is 1.47 bits per heavy atom. The molecule has 0 aliphatic rings. The first-order valence-corrected chi connectivity index (χ1v) is 6.72. The largest absolute Gasteiger partial charge is 0.481 e. The molecule has 0 bridgehead atoms. The van der Waals surface area contributed by atoms with Crippen LogP contribution < -0.4 is 5.32 Å². The van der Waals surface area contributed by atoms with Gasteiger partial charge in [-0.15, -0.1) is 0 Å². The van der Waals surface area contributed by atoms with Crippen LogP contribution in [0.25, 0.3) is 0 Å². The number of carboxylic acid groups (broad SMARTS) is 1. The van der Waals surface area contributed by atoms with E-state index in [0.29, 0.717) is 6.42 Å². The summed E-state index contributed by atoms with van der Waals surface area (Å²) < 4.78 is 2.05. The Morgan fingerprint density at radius 2 is 2.16 bits per heavy atom. The lowest BCUT2D eigenvalue weighted by molar-refractivity contribution is -0.137. The number of hydrogen-bond acceptors (Lipinski definition) is 3. The van der Waals surface area contributed by atoms with Crippen LogP contribution in [0.2, 0.25) is 0 Å². The molecule has 0 radical (unpaired) electrons. The predicted octanol–water partition coefficient (Wildman–Crippen LogP) is 2.14. The van der Waals surface area contributed by atoms with Crippen LogP contribution in [0.15, 0.2) is 18.7 Å². The maximum atomic E-state index is 10.6. The fraction of sp³-hybridized carbons (Fsp3) is 0.714. The molecule has 2 N–H and O–H groups in total. The number of hydrogen-bond donors (Lipinski definition) is 2. The van der Waals surface area contributed by atoms with E-state index in [0.717, 1.165) is 6.54 Å².